The van der Waals surface area contributed by atoms with Crippen LogP contribution in [-0.4, -0.2) is 50.7 Å². The molecule has 1 saturated heterocycles. The number of benzene rings is 1. The molecule has 1 heterocycles. The summed E-state index contributed by atoms with van der Waals surface area (Å²) in [6.45, 7) is 4.00. The molecule has 2 amide bonds. The molecule has 1 aromatic carbocycles. The Morgan fingerprint density at radius 3 is 2.46 bits per heavy atom. The topological polar surface area (TPSA) is 78.5 Å². The molecular weight excluding hydrogens is 442 g/mol. The Bertz CT molecular complexity index is 788. The zero-order valence-corrected chi connectivity index (χ0v) is 18.8. The van der Waals surface area contributed by atoms with E-state index in [2.05, 4.69) is 38.7 Å². The van der Waals surface area contributed by atoms with Crippen molar-refractivity contribution >= 4 is 32.0 Å². The van der Waals surface area contributed by atoms with E-state index in [-0.39, 0.29) is 17.2 Å². The second kappa shape index (κ2) is 9.13. The Kier molecular flexibility index (Phi) is 7.04. The number of carbonyl (C=O) groups is 1. The molecule has 1 aromatic rings. The molecule has 0 atom stereocenters. The van der Waals surface area contributed by atoms with E-state index in [4.69, 9.17) is 0 Å². The molecule has 1 aliphatic heterocycles. The van der Waals surface area contributed by atoms with Crippen LogP contribution in [0.1, 0.15) is 44.6 Å². The van der Waals surface area contributed by atoms with Crippen LogP contribution in [0.15, 0.2) is 28.7 Å². The summed E-state index contributed by atoms with van der Waals surface area (Å²) in [7, 11) is -3.10. The quantitative estimate of drug-likeness (QED) is 0.640. The van der Waals surface area contributed by atoms with Crippen LogP contribution in [0, 0.1) is 5.92 Å². The first-order valence-corrected chi connectivity index (χ1v) is 12.5. The molecule has 28 heavy (non-hydrogen) atoms. The maximum Gasteiger partial charge on any atom is 0.314 e. The van der Waals surface area contributed by atoms with Gasteiger partial charge in [-0.3, -0.25) is 0 Å². The number of sulfonamides is 1. The van der Waals surface area contributed by atoms with Gasteiger partial charge in [-0.1, -0.05) is 40.5 Å². The zero-order valence-electron chi connectivity index (χ0n) is 16.4. The first-order chi connectivity index (χ1) is 13.4. The Labute approximate surface area is 176 Å². The third kappa shape index (κ3) is 4.89. The van der Waals surface area contributed by atoms with Crippen molar-refractivity contribution in [3.05, 3.63) is 34.3 Å². The number of piperidine rings is 1. The highest BCUT2D eigenvalue weighted by Gasteiger charge is 2.40. The fraction of sp³-hybridized carbons (Fsp3) is 0.650. The fourth-order valence-corrected chi connectivity index (χ4v) is 6.00. The lowest BCUT2D eigenvalue weighted by atomic mass is 9.64. The van der Waals surface area contributed by atoms with E-state index in [1.54, 1.807) is 11.2 Å². The molecule has 0 spiro atoms. The average Bonchev–Trinajstić information content (AvgIpc) is 2.67. The van der Waals surface area contributed by atoms with E-state index < -0.39 is 10.0 Å². The van der Waals surface area contributed by atoms with Gasteiger partial charge in [-0.05, 0) is 50.2 Å². The molecule has 2 aliphatic rings. The summed E-state index contributed by atoms with van der Waals surface area (Å²) in [5.41, 5.74) is 1.29. The highest BCUT2D eigenvalue weighted by Crippen LogP contribution is 2.45. The minimum Gasteiger partial charge on any atom is -0.338 e. The normalized spacial score (nSPS) is 20.4. The Morgan fingerprint density at radius 2 is 1.89 bits per heavy atom. The molecule has 1 aliphatic carbocycles. The van der Waals surface area contributed by atoms with Crippen LogP contribution in [0.25, 0.3) is 0 Å². The molecule has 2 N–H and O–H groups in total. The lowest BCUT2D eigenvalue weighted by molar-refractivity contribution is 0.210. The number of urea groups is 1. The number of nitrogens with one attached hydrogen (secondary N) is 2. The first-order valence-electron chi connectivity index (χ1n) is 10.1. The van der Waals surface area contributed by atoms with Crippen molar-refractivity contribution < 1.29 is 13.2 Å². The van der Waals surface area contributed by atoms with Gasteiger partial charge in [0.1, 0.15) is 0 Å². The zero-order chi connectivity index (χ0) is 20.2. The predicted octanol–water partition coefficient (Wildman–Crippen LogP) is 3.23. The van der Waals surface area contributed by atoms with E-state index in [0.29, 0.717) is 32.1 Å². The highest BCUT2D eigenvalue weighted by atomic mass is 79.9. The van der Waals surface area contributed by atoms with Crippen molar-refractivity contribution in [1.29, 1.82) is 0 Å². The summed E-state index contributed by atoms with van der Waals surface area (Å²) >= 11 is 3.65. The van der Waals surface area contributed by atoms with Gasteiger partial charge in [-0.2, -0.15) is 0 Å². The molecule has 6 nitrogen and oxygen atoms in total. The summed E-state index contributed by atoms with van der Waals surface area (Å²) in [4.78, 5) is 12.3. The Hall–Kier alpha value is -1.12. The smallest absolute Gasteiger partial charge is 0.314 e. The Morgan fingerprint density at radius 1 is 1.21 bits per heavy atom. The number of hydrogen-bond donors (Lipinski definition) is 2. The monoisotopic (exact) mass is 471 g/mol. The number of amides is 2. The molecule has 8 heteroatoms. The summed E-state index contributed by atoms with van der Waals surface area (Å²) in [6, 6.07) is 8.12. The molecule has 0 unspecified atom stereocenters. The van der Waals surface area contributed by atoms with Gasteiger partial charge in [0, 0.05) is 36.1 Å². The van der Waals surface area contributed by atoms with Crippen LogP contribution in [0.2, 0.25) is 0 Å². The lowest BCUT2D eigenvalue weighted by Gasteiger charge is -2.43. The number of carbonyl (C=O) groups excluding carboxylic acids is 1. The molecule has 1 saturated carbocycles. The van der Waals surface area contributed by atoms with Crippen LogP contribution in [0.5, 0.6) is 0 Å². The van der Waals surface area contributed by atoms with Crippen molar-refractivity contribution in [1.82, 2.24) is 14.9 Å². The molecule has 0 aromatic heterocycles. The summed E-state index contributed by atoms with van der Waals surface area (Å²) in [5, 5.41) is 6.03. The third-order valence-electron chi connectivity index (χ3n) is 6.23. The van der Waals surface area contributed by atoms with Crippen LogP contribution in [-0.2, 0) is 15.4 Å². The summed E-state index contributed by atoms with van der Waals surface area (Å²) in [5.74, 6) is 0.479. The van der Waals surface area contributed by atoms with Gasteiger partial charge in [0.25, 0.3) is 0 Å². The van der Waals surface area contributed by atoms with E-state index in [0.717, 1.165) is 30.2 Å². The molecule has 2 fully saturated rings. The molecule has 0 radical (unpaired) electrons. The summed E-state index contributed by atoms with van der Waals surface area (Å²) in [6.07, 6.45) is 4.94. The van der Waals surface area contributed by atoms with Crippen LogP contribution in [0.3, 0.4) is 0 Å². The maximum absolute atomic E-state index is 12.3. The standard InChI is InChI=1S/C20H30BrN3O3S/c1-2-28(26,27)24-12-8-16(9-13-24)14-22-19(25)23-15-20(10-5-11-20)17-6-3-4-7-18(17)21/h3-4,6-7,16H,2,5,8-15H2,1H3,(H2,22,23,25). The van der Waals surface area contributed by atoms with Crippen molar-refractivity contribution in [2.24, 2.45) is 5.92 Å². The van der Waals surface area contributed by atoms with Gasteiger partial charge in [-0.25, -0.2) is 17.5 Å². The van der Waals surface area contributed by atoms with Crippen molar-refractivity contribution in [3.63, 3.8) is 0 Å². The number of nitrogens with zero attached hydrogens (tertiary/aromatic N) is 1. The number of hydrogen-bond acceptors (Lipinski definition) is 3. The fourth-order valence-electron chi connectivity index (χ4n) is 4.16. The summed E-state index contributed by atoms with van der Waals surface area (Å²) < 4.78 is 26.5. The average molecular weight is 472 g/mol. The molecule has 3 rings (SSSR count). The minimum atomic E-state index is -3.10. The maximum atomic E-state index is 12.3. The second-order valence-electron chi connectivity index (χ2n) is 7.92. The van der Waals surface area contributed by atoms with Crippen molar-refractivity contribution in [3.8, 4) is 0 Å². The number of halogens is 1. The first kappa shape index (κ1) is 21.6. The SMILES string of the molecule is CCS(=O)(=O)N1CCC(CNC(=O)NCC2(c3ccccc3Br)CCC2)CC1. The van der Waals surface area contributed by atoms with E-state index in [9.17, 15) is 13.2 Å². The van der Waals surface area contributed by atoms with Crippen LogP contribution in [0.4, 0.5) is 4.79 Å². The molecular formula is C20H30BrN3O3S. The molecule has 0 bridgehead atoms. The largest absolute Gasteiger partial charge is 0.338 e. The van der Waals surface area contributed by atoms with Gasteiger partial charge < -0.3 is 10.6 Å². The van der Waals surface area contributed by atoms with E-state index in [1.807, 2.05) is 12.1 Å². The van der Waals surface area contributed by atoms with E-state index >= 15 is 0 Å². The molecule has 156 valence electrons. The lowest BCUT2D eigenvalue weighted by Crippen LogP contribution is -2.49. The van der Waals surface area contributed by atoms with Gasteiger partial charge in [0.05, 0.1) is 5.75 Å². The number of rotatable bonds is 7. The Balaban J connectivity index is 1.44. The second-order valence-corrected chi connectivity index (χ2v) is 11.0. The van der Waals surface area contributed by atoms with Crippen LogP contribution >= 0.6 is 15.9 Å². The van der Waals surface area contributed by atoms with Crippen molar-refractivity contribution in [2.75, 3.05) is 31.9 Å². The highest BCUT2D eigenvalue weighted by molar-refractivity contribution is 9.10. The predicted molar refractivity (Wildman–Crippen MR) is 115 cm³/mol. The third-order valence-corrected chi connectivity index (χ3v) is 8.80. The minimum absolute atomic E-state index is 0.0251. The van der Waals surface area contributed by atoms with Crippen molar-refractivity contribution in [2.45, 2.75) is 44.4 Å². The van der Waals surface area contributed by atoms with E-state index in [1.165, 1.54) is 12.0 Å². The van der Waals surface area contributed by atoms with Crippen LogP contribution < -0.4 is 10.6 Å². The van der Waals surface area contributed by atoms with Gasteiger partial charge >= 0.3 is 6.03 Å². The van der Waals surface area contributed by atoms with Gasteiger partial charge in [0.15, 0.2) is 0 Å². The van der Waals surface area contributed by atoms with Gasteiger partial charge in [0.2, 0.25) is 10.0 Å². The van der Waals surface area contributed by atoms with Gasteiger partial charge in [-0.15, -0.1) is 0 Å².